The van der Waals surface area contributed by atoms with E-state index >= 15 is 0 Å². The van der Waals surface area contributed by atoms with Gasteiger partial charge in [0, 0.05) is 0 Å². The van der Waals surface area contributed by atoms with Gasteiger partial charge in [-0.15, -0.1) is 0 Å². The van der Waals surface area contributed by atoms with E-state index in [9.17, 15) is 4.39 Å². The normalized spacial score (nSPS) is 12.7. The highest BCUT2D eigenvalue weighted by Gasteiger charge is 2.07. The molecule has 84 valence electrons. The summed E-state index contributed by atoms with van der Waals surface area (Å²) in [5.74, 6) is 0. The largest absolute Gasteiger partial charge is 0.242 e. The van der Waals surface area contributed by atoms with Gasteiger partial charge in [-0.25, -0.2) is 4.39 Å². The number of benzene rings is 1. The number of alkyl halides is 1. The van der Waals surface area contributed by atoms with Crippen molar-refractivity contribution in [1.82, 2.24) is 0 Å². The van der Waals surface area contributed by atoms with Crippen molar-refractivity contribution in [3.63, 3.8) is 0 Å². The molecule has 1 heteroatoms. The van der Waals surface area contributed by atoms with E-state index in [2.05, 4.69) is 6.92 Å². The molecule has 0 aliphatic heterocycles. The first-order chi connectivity index (χ1) is 7.34. The molecule has 0 heterocycles. The molecule has 0 aromatic heterocycles. The summed E-state index contributed by atoms with van der Waals surface area (Å²) in [7, 11) is 0. The Morgan fingerprint density at radius 3 is 2.33 bits per heavy atom. The van der Waals surface area contributed by atoms with Gasteiger partial charge < -0.3 is 0 Å². The molecule has 15 heavy (non-hydrogen) atoms. The first-order valence-electron chi connectivity index (χ1n) is 6.03. The summed E-state index contributed by atoms with van der Waals surface area (Å²) in [6, 6.07) is 9.48. The Kier molecular flexibility index (Phi) is 6.06. The molecule has 0 bridgehead atoms. The molecule has 0 aliphatic carbocycles. The van der Waals surface area contributed by atoms with E-state index in [1.165, 1.54) is 25.7 Å². The lowest BCUT2D eigenvalue weighted by Gasteiger charge is -2.07. The molecule has 0 radical (unpaired) electrons. The lowest BCUT2D eigenvalue weighted by Crippen LogP contribution is -1.91. The van der Waals surface area contributed by atoms with Crippen LogP contribution < -0.4 is 0 Å². The van der Waals surface area contributed by atoms with Crippen molar-refractivity contribution in [2.45, 2.75) is 51.6 Å². The van der Waals surface area contributed by atoms with Gasteiger partial charge in [-0.3, -0.25) is 0 Å². The summed E-state index contributed by atoms with van der Waals surface area (Å²) in [6.45, 7) is 2.20. The smallest absolute Gasteiger partial charge is 0.125 e. The average Bonchev–Trinajstić information content (AvgIpc) is 2.30. The van der Waals surface area contributed by atoms with E-state index < -0.39 is 6.17 Å². The predicted octanol–water partition coefficient (Wildman–Crippen LogP) is 5.06. The van der Waals surface area contributed by atoms with Crippen LogP contribution in [0.15, 0.2) is 30.3 Å². The van der Waals surface area contributed by atoms with Crippen molar-refractivity contribution in [2.24, 2.45) is 0 Å². The zero-order chi connectivity index (χ0) is 10.9. The lowest BCUT2D eigenvalue weighted by molar-refractivity contribution is 0.312. The summed E-state index contributed by atoms with van der Waals surface area (Å²) in [5.41, 5.74) is 0.827. The molecule has 0 N–H and O–H groups in total. The highest BCUT2D eigenvalue weighted by Crippen LogP contribution is 2.23. The van der Waals surface area contributed by atoms with Crippen molar-refractivity contribution in [1.29, 1.82) is 0 Å². The number of unbranched alkanes of at least 4 members (excludes halogenated alkanes) is 4. The fourth-order valence-electron chi connectivity index (χ4n) is 1.76. The van der Waals surface area contributed by atoms with E-state index in [1.807, 2.05) is 30.3 Å². The highest BCUT2D eigenvalue weighted by atomic mass is 19.1. The Labute approximate surface area is 92.5 Å². The van der Waals surface area contributed by atoms with Gasteiger partial charge in [-0.2, -0.15) is 0 Å². The van der Waals surface area contributed by atoms with Crippen molar-refractivity contribution in [3.8, 4) is 0 Å². The van der Waals surface area contributed by atoms with Crippen molar-refractivity contribution in [3.05, 3.63) is 35.9 Å². The fraction of sp³-hybridized carbons (Fsp3) is 0.571. The Balaban J connectivity index is 2.16. The van der Waals surface area contributed by atoms with Gasteiger partial charge in [-0.1, -0.05) is 69.4 Å². The molecule has 1 unspecified atom stereocenters. The van der Waals surface area contributed by atoms with Crippen LogP contribution in [-0.2, 0) is 0 Å². The Bertz CT molecular complexity index is 243. The summed E-state index contributed by atoms with van der Waals surface area (Å²) in [4.78, 5) is 0. The maximum atomic E-state index is 13.6. The summed E-state index contributed by atoms with van der Waals surface area (Å²) in [6.07, 6.45) is 5.86. The van der Waals surface area contributed by atoms with Crippen LogP contribution in [0, 0.1) is 0 Å². The second kappa shape index (κ2) is 7.44. The van der Waals surface area contributed by atoms with Crippen molar-refractivity contribution in [2.75, 3.05) is 0 Å². The van der Waals surface area contributed by atoms with Crippen LogP contribution >= 0.6 is 0 Å². The Hall–Kier alpha value is -0.850. The number of hydrogen-bond donors (Lipinski definition) is 0. The first kappa shape index (κ1) is 12.2. The van der Waals surface area contributed by atoms with Gasteiger partial charge in [0.15, 0.2) is 0 Å². The van der Waals surface area contributed by atoms with Crippen LogP contribution in [0.5, 0.6) is 0 Å². The fourth-order valence-corrected chi connectivity index (χ4v) is 1.76. The number of rotatable bonds is 7. The zero-order valence-corrected chi connectivity index (χ0v) is 9.58. The lowest BCUT2D eigenvalue weighted by atomic mass is 10.0. The van der Waals surface area contributed by atoms with E-state index in [4.69, 9.17) is 0 Å². The van der Waals surface area contributed by atoms with Crippen LogP contribution in [0.2, 0.25) is 0 Å². The number of hydrogen-bond acceptors (Lipinski definition) is 0. The maximum Gasteiger partial charge on any atom is 0.125 e. The molecule has 0 spiro atoms. The first-order valence-corrected chi connectivity index (χ1v) is 6.03. The van der Waals surface area contributed by atoms with Crippen molar-refractivity contribution < 1.29 is 4.39 Å². The molecule has 0 saturated carbocycles. The molecule has 1 aromatic carbocycles. The SMILES string of the molecule is CCCCCCCC(F)c1ccccc1. The van der Waals surface area contributed by atoms with E-state index in [0.717, 1.165) is 12.0 Å². The van der Waals surface area contributed by atoms with Crippen LogP contribution in [0.1, 0.15) is 57.2 Å². The van der Waals surface area contributed by atoms with E-state index in [1.54, 1.807) is 0 Å². The third-order valence-electron chi connectivity index (χ3n) is 2.72. The summed E-state index contributed by atoms with van der Waals surface area (Å²) in [5, 5.41) is 0. The van der Waals surface area contributed by atoms with Gasteiger partial charge in [0.1, 0.15) is 6.17 Å². The van der Waals surface area contributed by atoms with E-state index in [-0.39, 0.29) is 0 Å². The molecule has 1 aromatic rings. The Morgan fingerprint density at radius 2 is 1.67 bits per heavy atom. The molecule has 1 rings (SSSR count). The minimum atomic E-state index is -0.771. The molecule has 0 fully saturated rings. The molecule has 0 nitrogen and oxygen atoms in total. The standard InChI is InChI=1S/C14H21F/c1-2-3-4-5-9-12-14(15)13-10-7-6-8-11-13/h6-8,10-11,14H,2-5,9,12H2,1H3. The topological polar surface area (TPSA) is 0 Å². The third kappa shape index (κ3) is 4.96. The molecular formula is C14H21F. The third-order valence-corrected chi connectivity index (χ3v) is 2.72. The van der Waals surface area contributed by atoms with Gasteiger partial charge in [-0.05, 0) is 12.0 Å². The maximum absolute atomic E-state index is 13.6. The highest BCUT2D eigenvalue weighted by molar-refractivity contribution is 5.17. The average molecular weight is 208 g/mol. The van der Waals surface area contributed by atoms with Gasteiger partial charge in [0.05, 0.1) is 0 Å². The second-order valence-electron chi connectivity index (χ2n) is 4.08. The molecule has 0 saturated heterocycles. The van der Waals surface area contributed by atoms with Gasteiger partial charge in [0.2, 0.25) is 0 Å². The quantitative estimate of drug-likeness (QED) is 0.549. The second-order valence-corrected chi connectivity index (χ2v) is 4.08. The predicted molar refractivity (Wildman–Crippen MR) is 63.7 cm³/mol. The summed E-state index contributed by atoms with van der Waals surface area (Å²) >= 11 is 0. The molecular weight excluding hydrogens is 187 g/mol. The zero-order valence-electron chi connectivity index (χ0n) is 9.58. The monoisotopic (exact) mass is 208 g/mol. The van der Waals surface area contributed by atoms with E-state index in [0.29, 0.717) is 6.42 Å². The van der Waals surface area contributed by atoms with Crippen LogP contribution in [0.25, 0.3) is 0 Å². The minimum Gasteiger partial charge on any atom is -0.242 e. The number of halogens is 1. The van der Waals surface area contributed by atoms with Crippen molar-refractivity contribution >= 4 is 0 Å². The van der Waals surface area contributed by atoms with Crippen LogP contribution in [0.3, 0.4) is 0 Å². The molecule has 0 aliphatic rings. The molecule has 1 atom stereocenters. The van der Waals surface area contributed by atoms with Gasteiger partial charge >= 0.3 is 0 Å². The van der Waals surface area contributed by atoms with Crippen LogP contribution in [-0.4, -0.2) is 0 Å². The Morgan fingerprint density at radius 1 is 1.00 bits per heavy atom. The van der Waals surface area contributed by atoms with Crippen LogP contribution in [0.4, 0.5) is 4.39 Å². The molecule has 0 amide bonds. The van der Waals surface area contributed by atoms with Gasteiger partial charge in [0.25, 0.3) is 0 Å². The summed E-state index contributed by atoms with van der Waals surface area (Å²) < 4.78 is 13.6. The minimum absolute atomic E-state index is 0.674.